The second-order valence-electron chi connectivity index (χ2n) is 7.14. The number of Topliss-reactive ketones (excluding diaryl/α,β-unsaturated/α-hetero) is 1. The van der Waals surface area contributed by atoms with E-state index in [0.29, 0.717) is 12.1 Å². The smallest absolute Gasteiger partial charge is 0.235 e. The first-order chi connectivity index (χ1) is 11.9. The first-order valence-electron chi connectivity index (χ1n) is 8.54. The number of ketones is 1. The maximum Gasteiger partial charge on any atom is 0.235 e. The highest BCUT2D eigenvalue weighted by Crippen LogP contribution is 2.41. The van der Waals surface area contributed by atoms with Crippen molar-refractivity contribution in [2.75, 3.05) is 5.32 Å². The Kier molecular flexibility index (Phi) is 4.73. The molecule has 0 spiro atoms. The number of hydrogen-bond donors (Lipinski definition) is 2. The highest BCUT2D eigenvalue weighted by Gasteiger charge is 2.46. The van der Waals surface area contributed by atoms with E-state index in [2.05, 4.69) is 5.32 Å². The van der Waals surface area contributed by atoms with Gasteiger partial charge in [0, 0.05) is 18.0 Å². The van der Waals surface area contributed by atoms with Crippen LogP contribution >= 0.6 is 0 Å². The SMILES string of the molecule is Cc1ccccc1NC(=O)[C@H]1C(=O)C[C@](C)(O)C[C@H]1c1ccccc1. The topological polar surface area (TPSA) is 66.4 Å². The molecule has 3 rings (SSSR count). The van der Waals surface area contributed by atoms with Crippen molar-refractivity contribution < 1.29 is 14.7 Å². The minimum atomic E-state index is -1.09. The van der Waals surface area contributed by atoms with Gasteiger partial charge in [-0.1, -0.05) is 48.5 Å². The van der Waals surface area contributed by atoms with Gasteiger partial charge in [0.2, 0.25) is 5.91 Å². The summed E-state index contributed by atoms with van der Waals surface area (Å²) in [6, 6.07) is 17.0. The zero-order valence-electron chi connectivity index (χ0n) is 14.5. The van der Waals surface area contributed by atoms with Gasteiger partial charge in [-0.2, -0.15) is 0 Å². The Labute approximate surface area is 147 Å². The lowest BCUT2D eigenvalue weighted by Crippen LogP contribution is -2.46. The summed E-state index contributed by atoms with van der Waals surface area (Å²) < 4.78 is 0. The molecule has 0 heterocycles. The van der Waals surface area contributed by atoms with Gasteiger partial charge in [0.25, 0.3) is 0 Å². The van der Waals surface area contributed by atoms with Crippen molar-refractivity contribution >= 4 is 17.4 Å². The van der Waals surface area contributed by atoms with Gasteiger partial charge in [-0.15, -0.1) is 0 Å². The zero-order chi connectivity index (χ0) is 18.0. The summed E-state index contributed by atoms with van der Waals surface area (Å²) in [5.74, 6) is -1.64. The number of carbonyl (C=O) groups is 2. The maximum absolute atomic E-state index is 12.9. The van der Waals surface area contributed by atoms with Crippen LogP contribution in [-0.4, -0.2) is 22.4 Å². The first kappa shape index (κ1) is 17.4. The van der Waals surface area contributed by atoms with Crippen LogP contribution in [0.25, 0.3) is 0 Å². The lowest BCUT2D eigenvalue weighted by atomic mass is 9.68. The molecule has 0 aliphatic heterocycles. The lowest BCUT2D eigenvalue weighted by molar-refractivity contribution is -0.140. The summed E-state index contributed by atoms with van der Waals surface area (Å²) in [4.78, 5) is 25.6. The summed E-state index contributed by atoms with van der Waals surface area (Å²) in [6.45, 7) is 3.58. The fourth-order valence-electron chi connectivity index (χ4n) is 3.64. The fourth-order valence-corrected chi connectivity index (χ4v) is 3.64. The van der Waals surface area contributed by atoms with Crippen molar-refractivity contribution in [3.05, 3.63) is 65.7 Å². The normalized spacial score (nSPS) is 26.3. The fraction of sp³-hybridized carbons (Fsp3) is 0.333. The highest BCUT2D eigenvalue weighted by atomic mass is 16.3. The summed E-state index contributed by atoms with van der Waals surface area (Å²) in [5.41, 5.74) is 1.48. The van der Waals surface area contributed by atoms with Crippen LogP contribution in [0.5, 0.6) is 0 Å². The largest absolute Gasteiger partial charge is 0.390 e. The predicted molar refractivity (Wildman–Crippen MR) is 97.3 cm³/mol. The van der Waals surface area contributed by atoms with Crippen molar-refractivity contribution in [3.63, 3.8) is 0 Å². The molecule has 0 bridgehead atoms. The van der Waals surface area contributed by atoms with Gasteiger partial charge in [0.1, 0.15) is 11.7 Å². The van der Waals surface area contributed by atoms with Gasteiger partial charge in [-0.3, -0.25) is 9.59 Å². The molecule has 1 aliphatic rings. The minimum absolute atomic E-state index is 0.00217. The van der Waals surface area contributed by atoms with Crippen molar-refractivity contribution in [2.24, 2.45) is 5.92 Å². The van der Waals surface area contributed by atoms with Crippen LogP contribution in [0.4, 0.5) is 5.69 Å². The van der Waals surface area contributed by atoms with Gasteiger partial charge < -0.3 is 10.4 Å². The van der Waals surface area contributed by atoms with Crippen LogP contribution in [-0.2, 0) is 9.59 Å². The number of carbonyl (C=O) groups excluding carboxylic acids is 2. The van der Waals surface area contributed by atoms with Crippen LogP contribution in [0.15, 0.2) is 54.6 Å². The molecule has 0 saturated heterocycles. The van der Waals surface area contributed by atoms with Crippen LogP contribution < -0.4 is 5.32 Å². The first-order valence-corrected chi connectivity index (χ1v) is 8.54. The molecule has 130 valence electrons. The van der Waals surface area contributed by atoms with E-state index in [-0.39, 0.29) is 24.0 Å². The third-order valence-corrected chi connectivity index (χ3v) is 4.88. The van der Waals surface area contributed by atoms with E-state index in [9.17, 15) is 14.7 Å². The van der Waals surface area contributed by atoms with Gasteiger partial charge in [-0.05, 0) is 37.5 Å². The van der Waals surface area contributed by atoms with Crippen molar-refractivity contribution in [2.45, 2.75) is 38.2 Å². The molecule has 0 aromatic heterocycles. The Bertz CT molecular complexity index is 783. The van der Waals surface area contributed by atoms with Crippen molar-refractivity contribution in [1.82, 2.24) is 0 Å². The number of aliphatic hydroxyl groups is 1. The molecular formula is C21H23NO3. The van der Waals surface area contributed by atoms with E-state index >= 15 is 0 Å². The number of aryl methyl sites for hydroxylation is 1. The molecule has 1 fully saturated rings. The molecule has 4 heteroatoms. The standard InChI is InChI=1S/C21H23NO3/c1-14-8-6-7-11-17(14)22-20(24)19-16(15-9-4-3-5-10-15)12-21(2,25)13-18(19)23/h3-11,16,19,25H,12-13H2,1-2H3,(H,22,24)/t16-,19+,21+/m0/s1. The van der Waals surface area contributed by atoms with E-state index < -0.39 is 11.5 Å². The molecule has 2 aromatic carbocycles. The van der Waals surface area contributed by atoms with Gasteiger partial charge in [-0.25, -0.2) is 0 Å². The zero-order valence-corrected chi connectivity index (χ0v) is 14.5. The molecule has 0 unspecified atom stereocenters. The van der Waals surface area contributed by atoms with Crippen LogP contribution in [0.2, 0.25) is 0 Å². The predicted octanol–water partition coefficient (Wildman–Crippen LogP) is 3.45. The van der Waals surface area contributed by atoms with Gasteiger partial charge in [0.05, 0.1) is 5.60 Å². The van der Waals surface area contributed by atoms with E-state index in [1.54, 1.807) is 6.92 Å². The lowest BCUT2D eigenvalue weighted by Gasteiger charge is -2.38. The summed E-state index contributed by atoms with van der Waals surface area (Å²) >= 11 is 0. The number of amides is 1. The van der Waals surface area contributed by atoms with E-state index in [4.69, 9.17) is 0 Å². The highest BCUT2D eigenvalue weighted by molar-refractivity contribution is 6.09. The third-order valence-electron chi connectivity index (χ3n) is 4.88. The summed E-state index contributed by atoms with van der Waals surface area (Å²) in [5, 5.41) is 13.4. The third kappa shape index (κ3) is 3.80. The van der Waals surface area contributed by atoms with Crippen LogP contribution in [0, 0.1) is 12.8 Å². The Morgan fingerprint density at radius 3 is 2.44 bits per heavy atom. The van der Waals surface area contributed by atoms with Gasteiger partial charge in [0.15, 0.2) is 0 Å². The van der Waals surface area contributed by atoms with Crippen molar-refractivity contribution in [1.29, 1.82) is 0 Å². The molecule has 1 aliphatic carbocycles. The minimum Gasteiger partial charge on any atom is -0.390 e. The summed E-state index contributed by atoms with van der Waals surface area (Å²) in [7, 11) is 0. The van der Waals surface area contributed by atoms with Crippen LogP contribution in [0.3, 0.4) is 0 Å². The quantitative estimate of drug-likeness (QED) is 0.843. The number of nitrogens with one attached hydrogen (secondary N) is 1. The Morgan fingerprint density at radius 2 is 1.76 bits per heavy atom. The molecule has 3 atom stereocenters. The second kappa shape index (κ2) is 6.81. The molecule has 2 aromatic rings. The molecule has 25 heavy (non-hydrogen) atoms. The van der Waals surface area contributed by atoms with E-state index in [0.717, 1.165) is 11.1 Å². The average Bonchev–Trinajstić information content (AvgIpc) is 2.56. The summed E-state index contributed by atoms with van der Waals surface area (Å²) in [6.07, 6.45) is 0.386. The average molecular weight is 337 g/mol. The number of hydrogen-bond acceptors (Lipinski definition) is 3. The van der Waals surface area contributed by atoms with Crippen LogP contribution in [0.1, 0.15) is 36.8 Å². The van der Waals surface area contributed by atoms with Gasteiger partial charge >= 0.3 is 0 Å². The number of benzene rings is 2. The molecular weight excluding hydrogens is 314 g/mol. The maximum atomic E-state index is 12.9. The Balaban J connectivity index is 1.92. The second-order valence-corrected chi connectivity index (χ2v) is 7.14. The molecule has 1 saturated carbocycles. The number of anilines is 1. The monoisotopic (exact) mass is 337 g/mol. The number of rotatable bonds is 3. The molecule has 4 nitrogen and oxygen atoms in total. The number of para-hydroxylation sites is 1. The Hall–Kier alpha value is -2.46. The van der Waals surface area contributed by atoms with E-state index in [1.807, 2.05) is 61.5 Å². The molecule has 0 radical (unpaired) electrons. The molecule has 2 N–H and O–H groups in total. The Morgan fingerprint density at radius 1 is 1.12 bits per heavy atom. The van der Waals surface area contributed by atoms with Crippen molar-refractivity contribution in [3.8, 4) is 0 Å². The van der Waals surface area contributed by atoms with E-state index in [1.165, 1.54) is 0 Å². The molecule has 1 amide bonds.